The summed E-state index contributed by atoms with van der Waals surface area (Å²) in [5.41, 5.74) is 0.625. The first-order chi connectivity index (χ1) is 9.15. The van der Waals surface area contributed by atoms with Crippen LogP contribution < -0.4 is 0 Å². The maximum Gasteiger partial charge on any atom is 0.342 e. The first-order valence-electron chi connectivity index (χ1n) is 5.74. The number of esters is 2. The Morgan fingerprint density at radius 1 is 1.16 bits per heavy atom. The van der Waals surface area contributed by atoms with Gasteiger partial charge in [0.25, 0.3) is 0 Å². The predicted octanol–water partition coefficient (Wildman–Crippen LogP) is 1.94. The third-order valence-corrected chi connectivity index (χ3v) is 2.19. The number of carbonyl (C=O) groups is 2. The van der Waals surface area contributed by atoms with Crippen LogP contribution in [0.25, 0.3) is 0 Å². The Morgan fingerprint density at radius 2 is 1.84 bits per heavy atom. The molecule has 1 rings (SSSR count). The van der Waals surface area contributed by atoms with Gasteiger partial charge in [0.2, 0.25) is 0 Å². The Morgan fingerprint density at radius 3 is 2.47 bits per heavy atom. The summed E-state index contributed by atoms with van der Waals surface area (Å²) >= 11 is 0. The average Bonchev–Trinajstić information content (AvgIpc) is 2.45. The molecule has 5 nitrogen and oxygen atoms in total. The zero-order valence-corrected chi connectivity index (χ0v) is 10.9. The molecule has 0 aliphatic heterocycles. The Hall–Kier alpha value is -2.14. The summed E-state index contributed by atoms with van der Waals surface area (Å²) in [7, 11) is 1.51. The predicted molar refractivity (Wildman–Crippen MR) is 68.4 cm³/mol. The van der Waals surface area contributed by atoms with Crippen molar-refractivity contribution < 1.29 is 23.8 Å². The van der Waals surface area contributed by atoms with E-state index in [2.05, 4.69) is 0 Å². The first-order valence-corrected chi connectivity index (χ1v) is 5.74. The Bertz CT molecular complexity index is 450. The van der Waals surface area contributed by atoms with Crippen molar-refractivity contribution in [2.45, 2.75) is 6.92 Å². The van der Waals surface area contributed by atoms with E-state index >= 15 is 0 Å². The highest BCUT2D eigenvalue weighted by Crippen LogP contribution is 2.04. The molecule has 0 saturated carbocycles. The second-order valence-electron chi connectivity index (χ2n) is 3.70. The van der Waals surface area contributed by atoms with Crippen molar-refractivity contribution in [2.75, 3.05) is 20.3 Å². The van der Waals surface area contributed by atoms with Crippen LogP contribution in [0.5, 0.6) is 0 Å². The molecule has 0 aliphatic carbocycles. The highest BCUT2D eigenvalue weighted by atomic mass is 16.6. The van der Waals surface area contributed by atoms with Gasteiger partial charge in [-0.05, 0) is 19.1 Å². The van der Waals surface area contributed by atoms with Crippen LogP contribution in [0.15, 0.2) is 42.2 Å². The van der Waals surface area contributed by atoms with Crippen LogP contribution in [0.4, 0.5) is 0 Å². The van der Waals surface area contributed by atoms with Crippen molar-refractivity contribution in [1.29, 1.82) is 0 Å². The standard InChI is InChI=1S/C14H16O5/c1-11(13(15)18-9-8-17-2)10-19-14(16)12-6-4-3-5-7-12/h3-7,10H,8-9H2,1-2H3. The SMILES string of the molecule is COCCOC(=O)C(C)=COC(=O)c1ccccc1. The fourth-order valence-corrected chi connectivity index (χ4v) is 1.16. The molecule has 0 atom stereocenters. The molecule has 0 radical (unpaired) electrons. The molecular weight excluding hydrogens is 248 g/mol. The molecule has 5 heteroatoms. The van der Waals surface area contributed by atoms with Gasteiger partial charge in [0.05, 0.1) is 17.7 Å². The number of hydrogen-bond acceptors (Lipinski definition) is 5. The van der Waals surface area contributed by atoms with Crippen LogP contribution in [0, 0.1) is 0 Å². The first kappa shape index (κ1) is 14.9. The number of benzene rings is 1. The summed E-state index contributed by atoms with van der Waals surface area (Å²) in [5.74, 6) is -1.07. The average molecular weight is 264 g/mol. The van der Waals surface area contributed by atoms with E-state index in [9.17, 15) is 9.59 Å². The van der Waals surface area contributed by atoms with Gasteiger partial charge in [-0.1, -0.05) is 18.2 Å². The molecule has 0 amide bonds. The lowest BCUT2D eigenvalue weighted by Gasteiger charge is -2.04. The lowest BCUT2D eigenvalue weighted by atomic mass is 10.2. The molecule has 0 unspecified atom stereocenters. The highest BCUT2D eigenvalue weighted by molar-refractivity contribution is 5.91. The topological polar surface area (TPSA) is 61.8 Å². The van der Waals surface area contributed by atoms with Crippen molar-refractivity contribution in [3.63, 3.8) is 0 Å². The summed E-state index contributed by atoms with van der Waals surface area (Å²) in [6.45, 7) is 1.99. The monoisotopic (exact) mass is 264 g/mol. The van der Waals surface area contributed by atoms with E-state index in [0.29, 0.717) is 12.2 Å². The van der Waals surface area contributed by atoms with Crippen molar-refractivity contribution >= 4 is 11.9 Å². The Labute approximate surface area is 111 Å². The van der Waals surface area contributed by atoms with Crippen LogP contribution in [0.3, 0.4) is 0 Å². The van der Waals surface area contributed by atoms with Gasteiger partial charge < -0.3 is 14.2 Å². The van der Waals surface area contributed by atoms with Gasteiger partial charge in [-0.3, -0.25) is 0 Å². The summed E-state index contributed by atoms with van der Waals surface area (Å²) in [6.07, 6.45) is 1.09. The highest BCUT2D eigenvalue weighted by Gasteiger charge is 2.09. The molecular formula is C14H16O5. The summed E-state index contributed by atoms with van der Waals surface area (Å²) in [5, 5.41) is 0. The van der Waals surface area contributed by atoms with Crippen molar-refractivity contribution in [2.24, 2.45) is 0 Å². The third-order valence-electron chi connectivity index (χ3n) is 2.19. The van der Waals surface area contributed by atoms with Gasteiger partial charge in [0.1, 0.15) is 12.9 Å². The molecule has 0 aromatic heterocycles. The van der Waals surface area contributed by atoms with E-state index in [1.807, 2.05) is 0 Å². The van der Waals surface area contributed by atoms with Gasteiger partial charge in [0, 0.05) is 7.11 Å². The van der Waals surface area contributed by atoms with E-state index in [1.54, 1.807) is 30.3 Å². The smallest absolute Gasteiger partial charge is 0.342 e. The minimum absolute atomic E-state index is 0.160. The third kappa shape index (κ3) is 5.35. The van der Waals surface area contributed by atoms with Crippen LogP contribution in [-0.2, 0) is 19.0 Å². The van der Waals surface area contributed by atoms with E-state index < -0.39 is 11.9 Å². The van der Waals surface area contributed by atoms with Crippen LogP contribution >= 0.6 is 0 Å². The molecule has 0 saturated heterocycles. The van der Waals surface area contributed by atoms with Crippen molar-refractivity contribution in [1.82, 2.24) is 0 Å². The maximum absolute atomic E-state index is 11.6. The molecule has 19 heavy (non-hydrogen) atoms. The number of ether oxygens (including phenoxy) is 3. The summed E-state index contributed by atoms with van der Waals surface area (Å²) in [4.78, 5) is 23.0. The zero-order chi connectivity index (χ0) is 14.1. The maximum atomic E-state index is 11.6. The molecule has 0 bridgehead atoms. The Kier molecular flexibility index (Phi) is 6.32. The molecule has 0 aliphatic rings. The van der Waals surface area contributed by atoms with Crippen LogP contribution in [-0.4, -0.2) is 32.3 Å². The normalized spacial score (nSPS) is 10.9. The summed E-state index contributed by atoms with van der Waals surface area (Å²) < 4.78 is 14.5. The largest absolute Gasteiger partial charge is 0.460 e. The number of rotatable bonds is 6. The van der Waals surface area contributed by atoms with E-state index in [4.69, 9.17) is 14.2 Å². The van der Waals surface area contributed by atoms with Gasteiger partial charge >= 0.3 is 11.9 Å². The molecule has 0 fully saturated rings. The fourth-order valence-electron chi connectivity index (χ4n) is 1.16. The van der Waals surface area contributed by atoms with Gasteiger partial charge in [0.15, 0.2) is 0 Å². The van der Waals surface area contributed by atoms with E-state index in [0.717, 1.165) is 6.26 Å². The molecule has 0 N–H and O–H groups in total. The van der Waals surface area contributed by atoms with Crippen LogP contribution in [0.1, 0.15) is 17.3 Å². The molecule has 0 spiro atoms. The van der Waals surface area contributed by atoms with Crippen molar-refractivity contribution in [3.05, 3.63) is 47.7 Å². The van der Waals surface area contributed by atoms with E-state index in [-0.39, 0.29) is 12.2 Å². The molecule has 1 aromatic rings. The minimum atomic E-state index is -0.544. The van der Waals surface area contributed by atoms with Crippen molar-refractivity contribution in [3.8, 4) is 0 Å². The second kappa shape index (κ2) is 8.05. The lowest BCUT2D eigenvalue weighted by Crippen LogP contribution is -2.11. The quantitative estimate of drug-likeness (QED) is 0.340. The minimum Gasteiger partial charge on any atom is -0.460 e. The molecule has 1 aromatic carbocycles. The number of hydrogen-bond donors (Lipinski definition) is 0. The van der Waals surface area contributed by atoms with Crippen LogP contribution in [0.2, 0.25) is 0 Å². The molecule has 102 valence electrons. The van der Waals surface area contributed by atoms with E-state index in [1.165, 1.54) is 14.0 Å². The second-order valence-corrected chi connectivity index (χ2v) is 3.70. The lowest BCUT2D eigenvalue weighted by molar-refractivity contribution is -0.140. The Balaban J connectivity index is 2.47. The van der Waals surface area contributed by atoms with Gasteiger partial charge in [-0.2, -0.15) is 0 Å². The fraction of sp³-hybridized carbons (Fsp3) is 0.286. The molecule has 0 heterocycles. The summed E-state index contributed by atoms with van der Waals surface area (Å²) in [6, 6.07) is 8.51. The number of methoxy groups -OCH3 is 1. The number of carbonyl (C=O) groups excluding carboxylic acids is 2. The van der Waals surface area contributed by atoms with Gasteiger partial charge in [-0.25, -0.2) is 9.59 Å². The van der Waals surface area contributed by atoms with Gasteiger partial charge in [-0.15, -0.1) is 0 Å². The zero-order valence-electron chi connectivity index (χ0n) is 10.9.